The van der Waals surface area contributed by atoms with Crippen LogP contribution in [0.25, 0.3) is 16.6 Å². The Hall–Kier alpha value is -3.52. The molecule has 34 heavy (non-hydrogen) atoms. The van der Waals surface area contributed by atoms with Crippen LogP contribution < -0.4 is 10.9 Å². The molecule has 4 aromatic rings. The number of carbonyl (C=O) groups excluding carboxylic acids is 1. The summed E-state index contributed by atoms with van der Waals surface area (Å²) in [6.07, 6.45) is 0.929. The molecule has 8 heteroatoms. The van der Waals surface area contributed by atoms with E-state index in [0.29, 0.717) is 17.0 Å². The summed E-state index contributed by atoms with van der Waals surface area (Å²) < 4.78 is 29.2. The maximum Gasteiger partial charge on any atom is 0.266 e. The highest BCUT2D eigenvalue weighted by molar-refractivity contribution is 7.99. The summed E-state index contributed by atoms with van der Waals surface area (Å²) in [5.41, 5.74) is 1.57. The van der Waals surface area contributed by atoms with E-state index in [2.05, 4.69) is 24.1 Å². The first kappa shape index (κ1) is 23.6. The van der Waals surface area contributed by atoms with E-state index in [-0.39, 0.29) is 28.4 Å². The van der Waals surface area contributed by atoms with Crippen molar-refractivity contribution in [3.8, 4) is 5.69 Å². The van der Waals surface area contributed by atoms with Gasteiger partial charge in [0.1, 0.15) is 11.6 Å². The van der Waals surface area contributed by atoms with Gasteiger partial charge in [0, 0.05) is 11.8 Å². The molecule has 4 rings (SSSR count). The minimum absolute atomic E-state index is 0.0531. The Bertz CT molecular complexity index is 1420. The predicted molar refractivity (Wildman–Crippen MR) is 132 cm³/mol. The minimum atomic E-state index is -0.895. The highest BCUT2D eigenvalue weighted by Gasteiger charge is 2.18. The molecule has 1 N–H and O–H groups in total. The lowest BCUT2D eigenvalue weighted by Gasteiger charge is -2.16. The maximum atomic E-state index is 14.6. The fourth-order valence-corrected chi connectivity index (χ4v) is 4.47. The lowest BCUT2D eigenvalue weighted by molar-refractivity contribution is -0.113. The van der Waals surface area contributed by atoms with Gasteiger partial charge in [-0.3, -0.25) is 14.2 Å². The molecular weight excluding hydrogens is 456 g/mol. The molecule has 0 unspecified atom stereocenters. The van der Waals surface area contributed by atoms with E-state index in [1.54, 1.807) is 24.3 Å². The first-order valence-electron chi connectivity index (χ1n) is 10.9. The zero-order valence-corrected chi connectivity index (χ0v) is 19.5. The number of hydrogen-bond donors (Lipinski definition) is 1. The summed E-state index contributed by atoms with van der Waals surface area (Å²) in [7, 11) is 0. The SMILES string of the molecule is CC[C@@H](C)c1ccccc1NC(=O)CSc1nc2ccccc2c(=O)n1-c1ccc(F)cc1F. The Balaban J connectivity index is 1.67. The van der Waals surface area contributed by atoms with Crippen LogP contribution in [0.5, 0.6) is 0 Å². The summed E-state index contributed by atoms with van der Waals surface area (Å²) in [5.74, 6) is -1.71. The number of benzene rings is 3. The number of nitrogens with zero attached hydrogens (tertiary/aromatic N) is 2. The average molecular weight is 480 g/mol. The van der Waals surface area contributed by atoms with Crippen molar-refractivity contribution in [2.24, 2.45) is 0 Å². The molecule has 174 valence electrons. The van der Waals surface area contributed by atoms with Gasteiger partial charge in [0.25, 0.3) is 5.56 Å². The molecule has 3 aromatic carbocycles. The van der Waals surface area contributed by atoms with E-state index in [1.165, 1.54) is 6.07 Å². The highest BCUT2D eigenvalue weighted by Crippen LogP contribution is 2.27. The third-order valence-corrected chi connectivity index (χ3v) is 6.54. The van der Waals surface area contributed by atoms with Gasteiger partial charge in [-0.2, -0.15) is 0 Å². The Labute approximate surface area is 199 Å². The summed E-state index contributed by atoms with van der Waals surface area (Å²) >= 11 is 1.01. The highest BCUT2D eigenvalue weighted by atomic mass is 32.2. The molecule has 0 aliphatic heterocycles. The maximum absolute atomic E-state index is 14.6. The van der Waals surface area contributed by atoms with Crippen molar-refractivity contribution in [2.45, 2.75) is 31.3 Å². The summed E-state index contributed by atoms with van der Waals surface area (Å²) in [5, 5.41) is 3.36. The number of halogens is 2. The van der Waals surface area contributed by atoms with Crippen molar-refractivity contribution < 1.29 is 13.6 Å². The van der Waals surface area contributed by atoms with E-state index < -0.39 is 17.2 Å². The lowest BCUT2D eigenvalue weighted by Crippen LogP contribution is -2.24. The van der Waals surface area contributed by atoms with E-state index in [9.17, 15) is 18.4 Å². The predicted octanol–water partition coefficient (Wildman–Crippen LogP) is 5.91. The fourth-order valence-electron chi connectivity index (χ4n) is 3.66. The second kappa shape index (κ2) is 10.2. The second-order valence-corrected chi connectivity index (χ2v) is 8.82. The summed E-state index contributed by atoms with van der Waals surface area (Å²) in [4.78, 5) is 30.5. The third-order valence-electron chi connectivity index (χ3n) is 5.61. The third kappa shape index (κ3) is 4.87. The molecule has 0 fully saturated rings. The number of aromatic nitrogens is 2. The number of amides is 1. The molecule has 0 bridgehead atoms. The first-order chi connectivity index (χ1) is 16.4. The Morgan fingerprint density at radius 2 is 1.82 bits per heavy atom. The zero-order valence-electron chi connectivity index (χ0n) is 18.7. The molecular formula is C26H23F2N3O2S. The van der Waals surface area contributed by atoms with Gasteiger partial charge in [-0.05, 0) is 48.2 Å². The van der Waals surface area contributed by atoms with E-state index >= 15 is 0 Å². The van der Waals surface area contributed by atoms with Crippen LogP contribution in [0.3, 0.4) is 0 Å². The van der Waals surface area contributed by atoms with Crippen molar-refractivity contribution in [2.75, 3.05) is 11.1 Å². The topological polar surface area (TPSA) is 64.0 Å². The van der Waals surface area contributed by atoms with E-state index in [0.717, 1.165) is 40.1 Å². The molecule has 1 heterocycles. The zero-order chi connectivity index (χ0) is 24.2. The number of hydrogen-bond acceptors (Lipinski definition) is 4. The van der Waals surface area contributed by atoms with Crippen LogP contribution in [0.1, 0.15) is 31.7 Å². The van der Waals surface area contributed by atoms with Crippen molar-refractivity contribution in [1.82, 2.24) is 9.55 Å². The first-order valence-corrected chi connectivity index (χ1v) is 11.9. The van der Waals surface area contributed by atoms with Gasteiger partial charge in [0.2, 0.25) is 5.91 Å². The van der Waals surface area contributed by atoms with E-state index in [4.69, 9.17) is 0 Å². The van der Waals surface area contributed by atoms with Crippen LogP contribution in [0.2, 0.25) is 0 Å². The van der Waals surface area contributed by atoms with E-state index in [1.807, 2.05) is 24.3 Å². The van der Waals surface area contributed by atoms with Crippen molar-refractivity contribution in [3.63, 3.8) is 0 Å². The van der Waals surface area contributed by atoms with Crippen molar-refractivity contribution in [1.29, 1.82) is 0 Å². The number of nitrogens with one attached hydrogen (secondary N) is 1. The summed E-state index contributed by atoms with van der Waals surface area (Å²) in [6, 6.07) is 17.3. The Kier molecular flexibility index (Phi) is 7.07. The van der Waals surface area contributed by atoms with Crippen molar-refractivity contribution in [3.05, 3.63) is 94.3 Å². The van der Waals surface area contributed by atoms with Gasteiger partial charge in [-0.25, -0.2) is 13.8 Å². The minimum Gasteiger partial charge on any atom is -0.325 e. The van der Waals surface area contributed by atoms with Crippen LogP contribution in [-0.2, 0) is 4.79 Å². The van der Waals surface area contributed by atoms with Gasteiger partial charge in [0.05, 0.1) is 22.3 Å². The molecule has 1 aromatic heterocycles. The van der Waals surface area contributed by atoms with Crippen LogP contribution >= 0.6 is 11.8 Å². The quantitative estimate of drug-likeness (QED) is 0.264. The average Bonchev–Trinajstić information content (AvgIpc) is 2.83. The smallest absolute Gasteiger partial charge is 0.266 e. The van der Waals surface area contributed by atoms with Crippen LogP contribution in [-0.4, -0.2) is 21.2 Å². The molecule has 1 amide bonds. The van der Waals surface area contributed by atoms with Gasteiger partial charge in [-0.15, -0.1) is 0 Å². The number of thioether (sulfide) groups is 1. The number of anilines is 1. The van der Waals surface area contributed by atoms with Crippen LogP contribution in [0, 0.1) is 11.6 Å². The largest absolute Gasteiger partial charge is 0.325 e. The van der Waals surface area contributed by atoms with Gasteiger partial charge < -0.3 is 5.32 Å². The van der Waals surface area contributed by atoms with Gasteiger partial charge in [0.15, 0.2) is 5.16 Å². The Morgan fingerprint density at radius 1 is 1.09 bits per heavy atom. The van der Waals surface area contributed by atoms with Gasteiger partial charge >= 0.3 is 0 Å². The fraction of sp³-hybridized carbons (Fsp3) is 0.192. The molecule has 0 aliphatic carbocycles. The molecule has 0 radical (unpaired) electrons. The molecule has 0 aliphatic rings. The number of fused-ring (bicyclic) bond motifs is 1. The summed E-state index contributed by atoms with van der Waals surface area (Å²) in [6.45, 7) is 4.17. The normalized spacial score (nSPS) is 12.0. The van der Waals surface area contributed by atoms with Crippen molar-refractivity contribution >= 4 is 34.3 Å². The lowest BCUT2D eigenvalue weighted by atomic mass is 9.97. The molecule has 5 nitrogen and oxygen atoms in total. The molecule has 0 saturated carbocycles. The number of carbonyl (C=O) groups is 1. The van der Waals surface area contributed by atoms with Crippen LogP contribution in [0.4, 0.5) is 14.5 Å². The second-order valence-electron chi connectivity index (χ2n) is 7.88. The monoisotopic (exact) mass is 479 g/mol. The molecule has 0 spiro atoms. The van der Waals surface area contributed by atoms with Crippen LogP contribution in [0.15, 0.2) is 76.7 Å². The number of para-hydroxylation sites is 2. The van der Waals surface area contributed by atoms with Gasteiger partial charge in [-0.1, -0.05) is 55.9 Å². The Morgan fingerprint density at radius 3 is 2.59 bits per heavy atom. The molecule has 1 atom stereocenters. The standard InChI is InChI=1S/C26H23F2N3O2S/c1-3-16(2)18-8-4-6-10-21(18)29-24(32)15-34-26-30-22-11-7-5-9-19(22)25(33)31(26)23-13-12-17(27)14-20(23)28/h4-14,16H,3,15H2,1-2H3,(H,29,32)/t16-/m1/s1. The molecule has 0 saturated heterocycles. The number of rotatable bonds is 7.